The number of benzene rings is 2. The van der Waals surface area contributed by atoms with Crippen molar-refractivity contribution in [3.05, 3.63) is 71.8 Å². The van der Waals surface area contributed by atoms with Crippen LogP contribution >= 0.6 is 0 Å². The second-order valence-corrected chi connectivity index (χ2v) is 6.59. The highest BCUT2D eigenvalue weighted by Crippen LogP contribution is 2.30. The summed E-state index contributed by atoms with van der Waals surface area (Å²) in [5.74, 6) is -0.650. The van der Waals surface area contributed by atoms with Gasteiger partial charge in [0.15, 0.2) is 0 Å². The summed E-state index contributed by atoms with van der Waals surface area (Å²) < 4.78 is 6.07. The van der Waals surface area contributed by atoms with Gasteiger partial charge < -0.3 is 38.3 Å². The lowest BCUT2D eigenvalue weighted by atomic mass is 9.86. The molecule has 5 heteroatoms. The Morgan fingerprint density at radius 2 is 1.38 bits per heavy atom. The van der Waals surface area contributed by atoms with Crippen LogP contribution in [0.5, 0.6) is 0 Å². The molecule has 24 heavy (non-hydrogen) atoms. The van der Waals surface area contributed by atoms with Gasteiger partial charge in [-0.05, 0) is 11.1 Å². The van der Waals surface area contributed by atoms with Gasteiger partial charge in [0.05, 0.1) is 21.1 Å². The summed E-state index contributed by atoms with van der Waals surface area (Å²) in [6, 6.07) is 17.8. The van der Waals surface area contributed by atoms with Gasteiger partial charge >= 0.3 is 5.97 Å². The van der Waals surface area contributed by atoms with Gasteiger partial charge in [0, 0.05) is 0 Å². The average Bonchev–Trinajstić information content (AvgIpc) is 2.54. The van der Waals surface area contributed by atoms with Gasteiger partial charge in [-0.2, -0.15) is 0 Å². The second-order valence-electron chi connectivity index (χ2n) is 6.59. The van der Waals surface area contributed by atoms with E-state index in [1.54, 1.807) is 48.5 Å². The van der Waals surface area contributed by atoms with Gasteiger partial charge in [-0.1, -0.05) is 60.7 Å². The van der Waals surface area contributed by atoms with Gasteiger partial charge in [-0.25, -0.2) is 4.79 Å². The SMILES string of the molecule is C[N+](C)(C)CCOC(=O)C(O)(c1ccccc1)c1ccccc1.[I-]. The van der Waals surface area contributed by atoms with Gasteiger partial charge in [-0.15, -0.1) is 0 Å². The van der Waals surface area contributed by atoms with Crippen LogP contribution in [0.3, 0.4) is 0 Å². The van der Waals surface area contributed by atoms with E-state index in [-0.39, 0.29) is 30.6 Å². The highest BCUT2D eigenvalue weighted by molar-refractivity contribution is 5.85. The molecule has 130 valence electrons. The minimum atomic E-state index is -1.80. The van der Waals surface area contributed by atoms with Crippen molar-refractivity contribution >= 4 is 5.97 Å². The van der Waals surface area contributed by atoms with Gasteiger partial charge in [-0.3, -0.25) is 0 Å². The maximum Gasteiger partial charge on any atom is 0.347 e. The summed E-state index contributed by atoms with van der Waals surface area (Å²) in [5, 5.41) is 11.2. The van der Waals surface area contributed by atoms with Crippen molar-refractivity contribution in [2.24, 2.45) is 0 Å². The minimum Gasteiger partial charge on any atom is -1.00 e. The zero-order valence-electron chi connectivity index (χ0n) is 14.3. The summed E-state index contributed by atoms with van der Waals surface area (Å²) in [4.78, 5) is 12.7. The molecule has 0 radical (unpaired) electrons. The van der Waals surface area contributed by atoms with Gasteiger partial charge in [0.2, 0.25) is 5.60 Å². The second kappa shape index (κ2) is 8.60. The Morgan fingerprint density at radius 3 is 1.75 bits per heavy atom. The molecule has 0 amide bonds. The smallest absolute Gasteiger partial charge is 0.347 e. The van der Waals surface area contributed by atoms with Crippen LogP contribution in [0.4, 0.5) is 0 Å². The summed E-state index contributed by atoms with van der Waals surface area (Å²) in [5.41, 5.74) is -0.796. The van der Waals surface area contributed by atoms with E-state index in [4.69, 9.17) is 4.74 Å². The van der Waals surface area contributed by atoms with Crippen LogP contribution in [0, 0.1) is 0 Å². The van der Waals surface area contributed by atoms with Crippen LogP contribution < -0.4 is 24.0 Å². The number of carbonyl (C=O) groups excluding carboxylic acids is 1. The Hall–Kier alpha value is -1.44. The number of rotatable bonds is 6. The van der Waals surface area contributed by atoms with E-state index in [1.165, 1.54) is 0 Å². The number of likely N-dealkylation sites (N-methyl/N-ethyl adjacent to an activating group) is 1. The third kappa shape index (κ3) is 5.03. The van der Waals surface area contributed by atoms with Gasteiger partial charge in [0.25, 0.3) is 0 Å². The lowest BCUT2D eigenvalue weighted by Crippen LogP contribution is -3.00. The number of aliphatic hydroxyl groups is 1. The van der Waals surface area contributed by atoms with E-state index in [2.05, 4.69) is 0 Å². The number of hydrogen-bond donors (Lipinski definition) is 1. The largest absolute Gasteiger partial charge is 1.00 e. The first-order valence-electron chi connectivity index (χ1n) is 7.65. The van der Waals surface area contributed by atoms with Crippen LogP contribution in [0.15, 0.2) is 60.7 Å². The van der Waals surface area contributed by atoms with Crippen molar-refractivity contribution < 1.29 is 43.1 Å². The fraction of sp³-hybridized carbons (Fsp3) is 0.316. The molecule has 0 aliphatic carbocycles. The highest BCUT2D eigenvalue weighted by atomic mass is 127. The molecule has 0 aliphatic heterocycles. The molecule has 1 N–H and O–H groups in total. The molecule has 2 rings (SSSR count). The Balaban J connectivity index is 0.00000288. The lowest BCUT2D eigenvalue weighted by Gasteiger charge is -2.28. The molecule has 0 unspecified atom stereocenters. The lowest BCUT2D eigenvalue weighted by molar-refractivity contribution is -0.870. The van der Waals surface area contributed by atoms with Crippen molar-refractivity contribution in [1.82, 2.24) is 0 Å². The normalized spacial score (nSPS) is 11.5. The third-order valence-electron chi connectivity index (χ3n) is 3.67. The van der Waals surface area contributed by atoms with E-state index in [0.717, 1.165) is 0 Å². The maximum atomic E-state index is 12.7. The van der Waals surface area contributed by atoms with Crippen molar-refractivity contribution in [3.8, 4) is 0 Å². The molecule has 0 saturated heterocycles. The van der Waals surface area contributed by atoms with Crippen LogP contribution in [0.25, 0.3) is 0 Å². The number of quaternary nitrogens is 1. The summed E-state index contributed by atoms with van der Waals surface area (Å²) >= 11 is 0. The standard InChI is InChI=1S/C19H24NO3.HI/c1-20(2,3)14-15-23-18(21)19(22,16-10-6-4-7-11-16)17-12-8-5-9-13-17;/h4-13,22H,14-15H2,1-3H3;1H/q+1;/p-1. The van der Waals surface area contributed by atoms with Crippen molar-refractivity contribution in [2.75, 3.05) is 34.3 Å². The number of nitrogens with zero attached hydrogens (tertiary/aromatic N) is 1. The fourth-order valence-corrected chi connectivity index (χ4v) is 2.28. The quantitative estimate of drug-likeness (QED) is 0.362. The zero-order valence-corrected chi connectivity index (χ0v) is 16.4. The predicted molar refractivity (Wildman–Crippen MR) is 89.7 cm³/mol. The maximum absolute atomic E-state index is 12.7. The van der Waals surface area contributed by atoms with Crippen molar-refractivity contribution in [2.45, 2.75) is 5.60 Å². The number of hydrogen-bond acceptors (Lipinski definition) is 3. The summed E-state index contributed by atoms with van der Waals surface area (Å²) in [6.07, 6.45) is 0. The van der Waals surface area contributed by atoms with E-state index in [1.807, 2.05) is 33.3 Å². The molecule has 0 fully saturated rings. The Bertz CT molecular complexity index is 599. The highest BCUT2D eigenvalue weighted by Gasteiger charge is 2.41. The fourth-order valence-electron chi connectivity index (χ4n) is 2.28. The predicted octanol–water partition coefficient (Wildman–Crippen LogP) is -0.824. The van der Waals surface area contributed by atoms with Crippen LogP contribution in [-0.2, 0) is 15.1 Å². The molecule has 0 saturated carbocycles. The van der Waals surface area contributed by atoms with Crippen LogP contribution in [-0.4, -0.2) is 49.9 Å². The molecule has 0 spiro atoms. The van der Waals surface area contributed by atoms with Crippen LogP contribution in [0.1, 0.15) is 11.1 Å². The van der Waals surface area contributed by atoms with Gasteiger partial charge in [0.1, 0.15) is 13.2 Å². The molecule has 0 bridgehead atoms. The molecule has 0 heterocycles. The molecule has 0 aliphatic rings. The van der Waals surface area contributed by atoms with E-state index < -0.39 is 11.6 Å². The number of ether oxygens (including phenoxy) is 1. The van der Waals surface area contributed by atoms with E-state index in [9.17, 15) is 9.90 Å². The molecule has 0 aromatic heterocycles. The van der Waals surface area contributed by atoms with Crippen LogP contribution in [0.2, 0.25) is 0 Å². The number of halogens is 1. The zero-order chi connectivity index (χ0) is 16.9. The van der Waals surface area contributed by atoms with Crippen molar-refractivity contribution in [3.63, 3.8) is 0 Å². The Labute approximate surface area is 160 Å². The number of esters is 1. The average molecular weight is 441 g/mol. The summed E-state index contributed by atoms with van der Waals surface area (Å²) in [7, 11) is 6.07. The molecule has 0 atom stereocenters. The molecular formula is C19H24INO3. The molecule has 2 aromatic carbocycles. The number of carbonyl (C=O) groups is 1. The molecule has 4 nitrogen and oxygen atoms in total. The first-order valence-corrected chi connectivity index (χ1v) is 7.65. The molecule has 2 aromatic rings. The monoisotopic (exact) mass is 441 g/mol. The summed E-state index contributed by atoms with van der Waals surface area (Å²) in [6.45, 7) is 0.926. The van der Waals surface area contributed by atoms with Crippen molar-refractivity contribution in [1.29, 1.82) is 0 Å². The minimum absolute atomic E-state index is 0. The Morgan fingerprint density at radius 1 is 0.958 bits per heavy atom. The van der Waals surface area contributed by atoms with E-state index >= 15 is 0 Å². The first kappa shape index (κ1) is 20.6. The topological polar surface area (TPSA) is 46.5 Å². The van der Waals surface area contributed by atoms with E-state index in [0.29, 0.717) is 22.2 Å². The third-order valence-corrected chi connectivity index (χ3v) is 3.67. The first-order chi connectivity index (χ1) is 10.8. The molecular weight excluding hydrogens is 417 g/mol. The Kier molecular flexibility index (Phi) is 7.38.